The maximum absolute atomic E-state index is 9.21. The molecule has 0 saturated heterocycles. The molecule has 0 amide bonds. The van der Waals surface area contributed by atoms with Gasteiger partial charge in [0.1, 0.15) is 11.5 Å². The molecule has 1 unspecified atom stereocenters. The van der Waals surface area contributed by atoms with Crippen LogP contribution >= 0.6 is 0 Å². The Morgan fingerprint density at radius 2 is 2.06 bits per heavy atom. The third-order valence-corrected chi connectivity index (χ3v) is 2.15. The molecule has 5 nitrogen and oxygen atoms in total. The van der Waals surface area contributed by atoms with Crippen molar-refractivity contribution in [1.82, 2.24) is 0 Å². The summed E-state index contributed by atoms with van der Waals surface area (Å²) < 4.78 is 10.2. The number of benzene rings is 1. The zero-order chi connectivity index (χ0) is 12.0. The van der Waals surface area contributed by atoms with Gasteiger partial charge >= 0.3 is 0 Å². The second-order valence-electron chi connectivity index (χ2n) is 3.28. The minimum Gasteiger partial charge on any atom is -0.497 e. The molecule has 0 saturated carbocycles. The molecule has 0 spiro atoms. The molecule has 1 aromatic rings. The lowest BCUT2D eigenvalue weighted by Crippen LogP contribution is -2.23. The van der Waals surface area contributed by atoms with Gasteiger partial charge in [-0.25, -0.2) is 0 Å². The van der Waals surface area contributed by atoms with Gasteiger partial charge in [0, 0.05) is 12.6 Å². The van der Waals surface area contributed by atoms with Crippen LogP contribution in [0.5, 0.6) is 11.5 Å². The van der Waals surface area contributed by atoms with Crippen LogP contribution in [0.1, 0.15) is 0 Å². The van der Waals surface area contributed by atoms with Crippen molar-refractivity contribution in [3.63, 3.8) is 0 Å². The Labute approximate surface area is 94.6 Å². The standard InChI is InChI=1S/C11H17NO4/c1-15-9-3-4-10(11(5-9)16-2)12-6-8(14)7-13/h3-5,8,12-14H,6-7H2,1-2H3. The molecule has 0 aliphatic heterocycles. The van der Waals surface area contributed by atoms with Crippen LogP contribution in [0.15, 0.2) is 18.2 Å². The molecule has 3 N–H and O–H groups in total. The first-order valence-corrected chi connectivity index (χ1v) is 4.96. The van der Waals surface area contributed by atoms with Gasteiger partial charge in [0.25, 0.3) is 0 Å². The molecule has 0 radical (unpaired) electrons. The normalized spacial score (nSPS) is 12.0. The number of ether oxygens (including phenoxy) is 2. The highest BCUT2D eigenvalue weighted by molar-refractivity contribution is 5.59. The molecule has 5 heteroatoms. The second-order valence-corrected chi connectivity index (χ2v) is 3.28. The van der Waals surface area contributed by atoms with Crippen LogP contribution < -0.4 is 14.8 Å². The molecule has 0 aliphatic carbocycles. The van der Waals surface area contributed by atoms with E-state index in [2.05, 4.69) is 5.32 Å². The van der Waals surface area contributed by atoms with Crippen molar-refractivity contribution in [3.8, 4) is 11.5 Å². The van der Waals surface area contributed by atoms with Crippen molar-refractivity contribution < 1.29 is 19.7 Å². The van der Waals surface area contributed by atoms with E-state index in [-0.39, 0.29) is 13.2 Å². The number of aliphatic hydroxyl groups is 2. The highest BCUT2D eigenvalue weighted by atomic mass is 16.5. The Morgan fingerprint density at radius 1 is 1.31 bits per heavy atom. The number of nitrogens with one attached hydrogen (secondary N) is 1. The average molecular weight is 227 g/mol. The summed E-state index contributed by atoms with van der Waals surface area (Å²) in [6.07, 6.45) is -0.785. The maximum atomic E-state index is 9.21. The van der Waals surface area contributed by atoms with E-state index in [1.54, 1.807) is 32.4 Å². The predicted molar refractivity (Wildman–Crippen MR) is 61.1 cm³/mol. The quantitative estimate of drug-likeness (QED) is 0.659. The van der Waals surface area contributed by atoms with Crippen LogP contribution in [-0.4, -0.2) is 43.7 Å². The Hall–Kier alpha value is -1.46. The monoisotopic (exact) mass is 227 g/mol. The molecule has 1 aromatic carbocycles. The largest absolute Gasteiger partial charge is 0.497 e. The average Bonchev–Trinajstić information content (AvgIpc) is 2.35. The molecule has 0 aromatic heterocycles. The van der Waals surface area contributed by atoms with E-state index in [4.69, 9.17) is 14.6 Å². The third-order valence-electron chi connectivity index (χ3n) is 2.15. The smallest absolute Gasteiger partial charge is 0.145 e. The van der Waals surface area contributed by atoms with Gasteiger partial charge in [-0.15, -0.1) is 0 Å². The molecule has 0 aliphatic rings. The molecule has 16 heavy (non-hydrogen) atoms. The van der Waals surface area contributed by atoms with Crippen LogP contribution in [0.2, 0.25) is 0 Å². The zero-order valence-electron chi connectivity index (χ0n) is 9.43. The summed E-state index contributed by atoms with van der Waals surface area (Å²) in [6.45, 7) is -0.00927. The van der Waals surface area contributed by atoms with Crippen LogP contribution in [0.25, 0.3) is 0 Å². The minimum atomic E-state index is -0.785. The van der Waals surface area contributed by atoms with E-state index < -0.39 is 6.10 Å². The van der Waals surface area contributed by atoms with Crippen molar-refractivity contribution in [1.29, 1.82) is 0 Å². The van der Waals surface area contributed by atoms with Gasteiger partial charge in [-0.2, -0.15) is 0 Å². The molecule has 1 atom stereocenters. The van der Waals surface area contributed by atoms with Crippen molar-refractivity contribution in [2.75, 3.05) is 32.7 Å². The van der Waals surface area contributed by atoms with Gasteiger partial charge in [0.2, 0.25) is 0 Å². The van der Waals surface area contributed by atoms with Gasteiger partial charge in [0.15, 0.2) is 0 Å². The fourth-order valence-corrected chi connectivity index (χ4v) is 1.24. The van der Waals surface area contributed by atoms with E-state index >= 15 is 0 Å². The van der Waals surface area contributed by atoms with E-state index in [9.17, 15) is 5.11 Å². The summed E-state index contributed by atoms with van der Waals surface area (Å²) in [5.74, 6) is 1.33. The lowest BCUT2D eigenvalue weighted by atomic mass is 10.2. The molecule has 1 rings (SSSR count). The van der Waals surface area contributed by atoms with E-state index in [1.165, 1.54) is 0 Å². The molecule has 90 valence electrons. The number of hydrogen-bond donors (Lipinski definition) is 3. The first-order chi connectivity index (χ1) is 7.71. The summed E-state index contributed by atoms with van der Waals surface area (Å²) in [7, 11) is 3.14. The molecule has 0 fully saturated rings. The number of anilines is 1. The fraction of sp³-hybridized carbons (Fsp3) is 0.455. The first kappa shape index (κ1) is 12.6. The first-order valence-electron chi connectivity index (χ1n) is 4.96. The molecule has 0 bridgehead atoms. The molecular formula is C11H17NO4. The minimum absolute atomic E-state index is 0.263. The van der Waals surface area contributed by atoms with Crippen molar-refractivity contribution in [3.05, 3.63) is 18.2 Å². The molecular weight excluding hydrogens is 210 g/mol. The second kappa shape index (κ2) is 6.19. The summed E-state index contributed by atoms with van der Waals surface area (Å²) in [6, 6.07) is 5.33. The van der Waals surface area contributed by atoms with Gasteiger partial charge in [0.05, 0.1) is 32.6 Å². The van der Waals surface area contributed by atoms with Gasteiger partial charge in [-0.3, -0.25) is 0 Å². The Balaban J connectivity index is 2.71. The topological polar surface area (TPSA) is 71.0 Å². The summed E-state index contributed by atoms with van der Waals surface area (Å²) >= 11 is 0. The maximum Gasteiger partial charge on any atom is 0.145 e. The van der Waals surface area contributed by atoms with Crippen molar-refractivity contribution in [2.45, 2.75) is 6.10 Å². The summed E-state index contributed by atoms with van der Waals surface area (Å²) in [4.78, 5) is 0. The van der Waals surface area contributed by atoms with Crippen LogP contribution in [0, 0.1) is 0 Å². The number of methoxy groups -OCH3 is 2. The van der Waals surface area contributed by atoms with E-state index in [1.807, 2.05) is 0 Å². The van der Waals surface area contributed by atoms with E-state index in [0.29, 0.717) is 11.5 Å². The lowest BCUT2D eigenvalue weighted by molar-refractivity contribution is 0.105. The Morgan fingerprint density at radius 3 is 2.62 bits per heavy atom. The lowest BCUT2D eigenvalue weighted by Gasteiger charge is -2.14. The van der Waals surface area contributed by atoms with Crippen molar-refractivity contribution in [2.24, 2.45) is 0 Å². The van der Waals surface area contributed by atoms with Gasteiger partial charge in [-0.05, 0) is 12.1 Å². The highest BCUT2D eigenvalue weighted by Gasteiger charge is 2.06. The summed E-state index contributed by atoms with van der Waals surface area (Å²) in [5, 5.41) is 20.9. The predicted octanol–water partition coefficient (Wildman–Crippen LogP) is 0.469. The number of rotatable bonds is 6. The highest BCUT2D eigenvalue weighted by Crippen LogP contribution is 2.28. The third kappa shape index (κ3) is 3.29. The van der Waals surface area contributed by atoms with Crippen LogP contribution in [-0.2, 0) is 0 Å². The fourth-order valence-electron chi connectivity index (χ4n) is 1.24. The Kier molecular flexibility index (Phi) is 4.88. The number of hydrogen-bond acceptors (Lipinski definition) is 5. The van der Waals surface area contributed by atoms with Crippen LogP contribution in [0.3, 0.4) is 0 Å². The molecule has 0 heterocycles. The van der Waals surface area contributed by atoms with Crippen molar-refractivity contribution >= 4 is 5.69 Å². The zero-order valence-corrected chi connectivity index (χ0v) is 9.43. The summed E-state index contributed by atoms with van der Waals surface area (Å²) in [5.41, 5.74) is 0.746. The van der Waals surface area contributed by atoms with Crippen LogP contribution in [0.4, 0.5) is 5.69 Å². The van der Waals surface area contributed by atoms with Gasteiger partial charge in [-0.1, -0.05) is 0 Å². The number of aliphatic hydroxyl groups excluding tert-OH is 2. The SMILES string of the molecule is COc1ccc(NCC(O)CO)c(OC)c1. The van der Waals surface area contributed by atoms with E-state index in [0.717, 1.165) is 5.69 Å². The Bertz CT molecular complexity index is 330. The van der Waals surface area contributed by atoms with Gasteiger partial charge < -0.3 is 25.0 Å².